The fourth-order valence-electron chi connectivity index (χ4n) is 6.18. The van der Waals surface area contributed by atoms with E-state index in [0.717, 1.165) is 6.42 Å². The molecule has 1 amide bonds. The molecular formula is C34H46F3N5O5SSi. The molecule has 1 unspecified atom stereocenters. The van der Waals surface area contributed by atoms with Gasteiger partial charge in [-0.15, -0.1) is 5.10 Å². The topological polar surface area (TPSA) is 116 Å². The normalized spacial score (nSPS) is 19.8. The molecule has 3 heterocycles. The molecule has 10 nitrogen and oxygen atoms in total. The SMILES string of the molecule is C[C@@H]1CN(c2nc(-n3ccc(OCC(O[Si](C)(C)C(C)(C)C)C4(C(F)(F)F)CC4)n3)ccc2C(=O)NS(=O)(=O)c2ccccc2)C(C)(C)C1. The number of sulfonamides is 1. The van der Waals surface area contributed by atoms with Crippen molar-refractivity contribution in [1.82, 2.24) is 19.5 Å². The van der Waals surface area contributed by atoms with Crippen molar-refractivity contribution < 1.29 is 35.5 Å². The van der Waals surface area contributed by atoms with Gasteiger partial charge in [0.05, 0.1) is 22.0 Å². The number of hydrogen-bond donors (Lipinski definition) is 1. The third-order valence-corrected chi connectivity index (χ3v) is 15.9. The van der Waals surface area contributed by atoms with Crippen molar-refractivity contribution in [2.24, 2.45) is 11.3 Å². The smallest absolute Gasteiger partial charge is 0.397 e. The van der Waals surface area contributed by atoms with Crippen LogP contribution in [0.1, 0.15) is 71.2 Å². The van der Waals surface area contributed by atoms with Crippen LogP contribution < -0.4 is 14.4 Å². The maximum atomic E-state index is 14.3. The molecule has 5 rings (SSSR count). The highest BCUT2D eigenvalue weighted by Gasteiger charge is 2.69. The van der Waals surface area contributed by atoms with E-state index in [0.29, 0.717) is 12.4 Å². The summed E-state index contributed by atoms with van der Waals surface area (Å²) >= 11 is 0. The van der Waals surface area contributed by atoms with Gasteiger partial charge in [-0.2, -0.15) is 13.2 Å². The number of hydrogen-bond acceptors (Lipinski definition) is 8. The first kappa shape index (κ1) is 36.8. The van der Waals surface area contributed by atoms with Crippen molar-refractivity contribution >= 4 is 30.1 Å². The van der Waals surface area contributed by atoms with E-state index in [1.165, 1.54) is 35.0 Å². The Morgan fingerprint density at radius 1 is 1.08 bits per heavy atom. The molecule has 2 aliphatic rings. The summed E-state index contributed by atoms with van der Waals surface area (Å²) in [6.45, 7) is 16.2. The molecule has 2 atom stereocenters. The van der Waals surface area contributed by atoms with Crippen LogP contribution in [0.4, 0.5) is 19.0 Å². The van der Waals surface area contributed by atoms with Crippen LogP contribution in [0.3, 0.4) is 0 Å². The lowest BCUT2D eigenvalue weighted by Gasteiger charge is -2.41. The number of pyridine rings is 1. The van der Waals surface area contributed by atoms with Crippen LogP contribution in [0, 0.1) is 11.3 Å². The molecule has 3 aromatic rings. The number of carbonyl (C=O) groups is 1. The van der Waals surface area contributed by atoms with E-state index in [1.54, 1.807) is 24.4 Å². The summed E-state index contributed by atoms with van der Waals surface area (Å²) in [5.74, 6) is 0.141. The summed E-state index contributed by atoms with van der Waals surface area (Å²) in [6, 6.07) is 12.2. The van der Waals surface area contributed by atoms with E-state index in [-0.39, 0.29) is 52.6 Å². The number of nitrogens with zero attached hydrogens (tertiary/aromatic N) is 4. The maximum Gasteiger partial charge on any atom is 0.397 e. The number of aromatic nitrogens is 3. The number of nitrogens with one attached hydrogen (secondary N) is 1. The van der Waals surface area contributed by atoms with Gasteiger partial charge in [-0.25, -0.2) is 22.8 Å². The van der Waals surface area contributed by atoms with Crippen molar-refractivity contribution in [2.45, 2.75) is 102 Å². The fraction of sp³-hybridized carbons (Fsp3) is 0.559. The maximum absolute atomic E-state index is 14.3. The highest BCUT2D eigenvalue weighted by atomic mass is 32.2. The minimum Gasteiger partial charge on any atom is -0.474 e. The van der Waals surface area contributed by atoms with Gasteiger partial charge in [-0.3, -0.25) is 4.79 Å². The van der Waals surface area contributed by atoms with Crippen molar-refractivity contribution in [3.05, 3.63) is 60.3 Å². The highest BCUT2D eigenvalue weighted by Crippen LogP contribution is 2.61. The average Bonchev–Trinajstić information content (AvgIpc) is 3.60. The molecule has 0 spiro atoms. The van der Waals surface area contributed by atoms with Gasteiger partial charge in [0.1, 0.15) is 12.4 Å². The van der Waals surface area contributed by atoms with Gasteiger partial charge in [0.2, 0.25) is 5.88 Å². The Morgan fingerprint density at radius 2 is 1.73 bits per heavy atom. The molecule has 15 heteroatoms. The molecule has 1 aliphatic heterocycles. The van der Waals surface area contributed by atoms with Gasteiger partial charge in [0, 0.05) is 24.3 Å². The molecule has 1 saturated heterocycles. The first-order chi connectivity index (χ1) is 22.6. The number of anilines is 1. The second-order valence-electron chi connectivity index (χ2n) is 15.5. The predicted octanol–water partition coefficient (Wildman–Crippen LogP) is 7.12. The Labute approximate surface area is 287 Å². The van der Waals surface area contributed by atoms with E-state index in [1.807, 2.05) is 52.6 Å². The fourth-order valence-corrected chi connectivity index (χ4v) is 8.52. The molecule has 0 bridgehead atoms. The second-order valence-corrected chi connectivity index (χ2v) is 21.9. The van der Waals surface area contributed by atoms with Crippen molar-refractivity contribution in [2.75, 3.05) is 18.1 Å². The van der Waals surface area contributed by atoms with Gasteiger partial charge in [-0.05, 0) is 81.4 Å². The minimum absolute atomic E-state index is 0.0155. The number of benzene rings is 1. The molecule has 2 aromatic heterocycles. The Hall–Kier alpha value is -3.43. The minimum atomic E-state index is -4.43. The van der Waals surface area contributed by atoms with Crippen LogP contribution in [0.2, 0.25) is 18.1 Å². The molecular weight excluding hydrogens is 676 g/mol. The van der Waals surface area contributed by atoms with Gasteiger partial charge in [0.25, 0.3) is 15.9 Å². The predicted molar refractivity (Wildman–Crippen MR) is 183 cm³/mol. The monoisotopic (exact) mass is 721 g/mol. The summed E-state index contributed by atoms with van der Waals surface area (Å²) < 4.78 is 84.6. The van der Waals surface area contributed by atoms with Crippen molar-refractivity contribution in [3.63, 3.8) is 0 Å². The molecule has 0 radical (unpaired) electrons. The third kappa shape index (κ3) is 7.53. The van der Waals surface area contributed by atoms with Crippen LogP contribution in [0.25, 0.3) is 5.82 Å². The van der Waals surface area contributed by atoms with Crippen LogP contribution in [-0.4, -0.2) is 68.4 Å². The number of carbonyl (C=O) groups excluding carboxylic acids is 1. The largest absolute Gasteiger partial charge is 0.474 e. The Morgan fingerprint density at radius 3 is 2.29 bits per heavy atom. The highest BCUT2D eigenvalue weighted by molar-refractivity contribution is 7.90. The standard InChI is InChI=1S/C34H46F3N5O5SSi/c1-23-20-32(5,6)41(21-23)29-25(30(43)40-48(44,45)24-12-10-9-11-13-24)14-15-27(38-29)42-19-16-28(39-42)46-22-26(33(17-18-33)34(35,36)37)47-49(7,8)31(2,3)4/h9-16,19,23,26H,17-18,20-22H2,1-8H3,(H,40,43)/t23-,26?/m0/s1. The van der Waals surface area contributed by atoms with E-state index in [9.17, 15) is 26.4 Å². The number of amides is 1. The van der Waals surface area contributed by atoms with E-state index >= 15 is 0 Å². The third-order valence-electron chi connectivity index (χ3n) is 10.1. The van der Waals surface area contributed by atoms with Gasteiger partial charge >= 0.3 is 6.18 Å². The molecule has 1 aliphatic carbocycles. The quantitative estimate of drug-likeness (QED) is 0.208. The van der Waals surface area contributed by atoms with E-state index in [2.05, 4.69) is 16.7 Å². The lowest BCUT2D eigenvalue weighted by molar-refractivity contribution is -0.215. The molecule has 49 heavy (non-hydrogen) atoms. The Balaban J connectivity index is 1.43. The number of rotatable bonds is 11. The first-order valence-electron chi connectivity index (χ1n) is 16.4. The van der Waals surface area contributed by atoms with Crippen LogP contribution in [0.15, 0.2) is 59.6 Å². The zero-order chi connectivity index (χ0) is 36.2. The zero-order valence-corrected chi connectivity index (χ0v) is 31.1. The zero-order valence-electron chi connectivity index (χ0n) is 29.3. The molecule has 268 valence electrons. The average molecular weight is 722 g/mol. The molecule has 1 saturated carbocycles. The molecule has 1 N–H and O–H groups in total. The van der Waals surface area contributed by atoms with Gasteiger partial charge < -0.3 is 14.1 Å². The summed E-state index contributed by atoms with van der Waals surface area (Å²) in [4.78, 5) is 20.3. The number of alkyl halides is 3. The lowest BCUT2D eigenvalue weighted by Crippen LogP contribution is -2.51. The summed E-state index contributed by atoms with van der Waals surface area (Å²) in [5, 5.41) is 4.15. The van der Waals surface area contributed by atoms with Gasteiger partial charge in [-0.1, -0.05) is 45.9 Å². The van der Waals surface area contributed by atoms with Crippen LogP contribution in [0.5, 0.6) is 5.88 Å². The van der Waals surface area contributed by atoms with E-state index in [4.69, 9.17) is 14.1 Å². The number of ether oxygens (including phenoxy) is 1. The van der Waals surface area contributed by atoms with Crippen LogP contribution in [-0.2, 0) is 14.4 Å². The summed E-state index contributed by atoms with van der Waals surface area (Å²) in [5.41, 5.74) is -2.28. The van der Waals surface area contributed by atoms with Crippen molar-refractivity contribution in [1.29, 1.82) is 0 Å². The Bertz CT molecular complexity index is 1790. The van der Waals surface area contributed by atoms with Crippen LogP contribution >= 0.6 is 0 Å². The van der Waals surface area contributed by atoms with Crippen molar-refractivity contribution in [3.8, 4) is 11.7 Å². The Kier molecular flexibility index (Phi) is 9.56. The lowest BCUT2D eigenvalue weighted by atomic mass is 9.97. The summed E-state index contributed by atoms with van der Waals surface area (Å²) in [6.07, 6.45) is -3.26. The first-order valence-corrected chi connectivity index (χ1v) is 20.8. The molecule has 1 aromatic carbocycles. The molecule has 2 fully saturated rings. The number of halogens is 3. The van der Waals surface area contributed by atoms with E-state index < -0.39 is 47.5 Å². The van der Waals surface area contributed by atoms with Gasteiger partial charge in [0.15, 0.2) is 14.1 Å². The summed E-state index contributed by atoms with van der Waals surface area (Å²) in [7, 11) is -6.73. The second kappa shape index (κ2) is 12.7.